The first kappa shape index (κ1) is 15.0. The third-order valence-corrected chi connectivity index (χ3v) is 5.04. The molecule has 1 amide bonds. The number of hydrogen-bond donors (Lipinski definition) is 0. The molecule has 26 heavy (non-hydrogen) atoms. The van der Waals surface area contributed by atoms with Gasteiger partial charge in [-0.05, 0) is 5.56 Å². The molecule has 3 heteroatoms. The van der Waals surface area contributed by atoms with E-state index < -0.39 is 5.72 Å². The third kappa shape index (κ3) is 2.10. The third-order valence-electron chi connectivity index (χ3n) is 5.04. The molecule has 0 bridgehead atoms. The van der Waals surface area contributed by atoms with Crippen LogP contribution in [-0.2, 0) is 15.3 Å². The summed E-state index contributed by atoms with van der Waals surface area (Å²) in [5.74, 6) is 0.599. The van der Waals surface area contributed by atoms with Crippen LogP contribution >= 0.6 is 0 Å². The van der Waals surface area contributed by atoms with Gasteiger partial charge in [0.05, 0.1) is 0 Å². The number of benzene rings is 3. The molecule has 0 aliphatic carbocycles. The summed E-state index contributed by atoms with van der Waals surface area (Å²) >= 11 is 0. The van der Waals surface area contributed by atoms with Crippen LogP contribution in [-0.4, -0.2) is 10.8 Å². The lowest BCUT2D eigenvalue weighted by atomic mass is 10.0. The highest BCUT2D eigenvalue weighted by Crippen LogP contribution is 2.64. The van der Waals surface area contributed by atoms with Gasteiger partial charge in [0, 0.05) is 17.2 Å². The summed E-state index contributed by atoms with van der Waals surface area (Å²) in [6.45, 7) is 0. The van der Waals surface area contributed by atoms with E-state index in [9.17, 15) is 4.79 Å². The number of rotatable bonds is 3. The second kappa shape index (κ2) is 5.60. The molecule has 0 saturated carbocycles. The van der Waals surface area contributed by atoms with Crippen LogP contribution in [0.25, 0.3) is 5.76 Å². The quantitative estimate of drug-likeness (QED) is 0.658. The fourth-order valence-electron chi connectivity index (χ4n) is 3.84. The highest BCUT2D eigenvalue weighted by atomic mass is 16.5. The zero-order chi connectivity index (χ0) is 17.6. The SMILES string of the molecule is O=C1C=C(c2ccccc2)O[C@]2(c3ccccc3)[C@@H](c3ccccc3)N12. The summed E-state index contributed by atoms with van der Waals surface area (Å²) in [6, 6.07) is 29.7. The van der Waals surface area contributed by atoms with E-state index >= 15 is 0 Å². The predicted molar refractivity (Wildman–Crippen MR) is 99.7 cm³/mol. The number of carbonyl (C=O) groups is 1. The molecular formula is C23H17NO2. The Morgan fingerprint density at radius 2 is 1.35 bits per heavy atom. The monoisotopic (exact) mass is 339 g/mol. The molecule has 0 unspecified atom stereocenters. The molecule has 1 saturated heterocycles. The number of amides is 1. The van der Waals surface area contributed by atoms with Crippen LogP contribution < -0.4 is 0 Å². The Balaban J connectivity index is 1.64. The molecule has 3 aromatic rings. The lowest BCUT2D eigenvalue weighted by Gasteiger charge is -2.25. The van der Waals surface area contributed by atoms with Crippen molar-refractivity contribution in [3.05, 3.63) is 114 Å². The van der Waals surface area contributed by atoms with Crippen LogP contribution in [0.3, 0.4) is 0 Å². The Hall–Kier alpha value is -3.33. The molecule has 2 atom stereocenters. The van der Waals surface area contributed by atoms with Gasteiger partial charge in [0.25, 0.3) is 5.91 Å². The van der Waals surface area contributed by atoms with Crippen molar-refractivity contribution >= 4 is 11.7 Å². The highest BCUT2D eigenvalue weighted by Gasteiger charge is 2.71. The number of fused-ring (bicyclic) bond motifs is 1. The average Bonchev–Trinajstić information content (AvgIpc) is 3.41. The summed E-state index contributed by atoms with van der Waals surface area (Å²) in [5, 5.41) is 0. The van der Waals surface area contributed by atoms with Gasteiger partial charge < -0.3 is 4.74 Å². The van der Waals surface area contributed by atoms with Crippen LogP contribution in [0.1, 0.15) is 22.7 Å². The molecule has 126 valence electrons. The van der Waals surface area contributed by atoms with Crippen molar-refractivity contribution in [1.29, 1.82) is 0 Å². The van der Waals surface area contributed by atoms with Crippen LogP contribution in [0, 0.1) is 0 Å². The zero-order valence-electron chi connectivity index (χ0n) is 14.1. The molecule has 0 aromatic heterocycles. The lowest BCUT2D eigenvalue weighted by molar-refractivity contribution is -0.126. The summed E-state index contributed by atoms with van der Waals surface area (Å²) < 4.78 is 6.52. The number of ether oxygens (including phenoxy) is 1. The lowest BCUT2D eigenvalue weighted by Crippen LogP contribution is -2.27. The minimum Gasteiger partial charge on any atom is -0.460 e. The fraction of sp³-hybridized carbons (Fsp3) is 0.0870. The van der Waals surface area contributed by atoms with Crippen LogP contribution in [0.5, 0.6) is 0 Å². The summed E-state index contributed by atoms with van der Waals surface area (Å²) in [6.07, 6.45) is 1.60. The summed E-state index contributed by atoms with van der Waals surface area (Å²) in [4.78, 5) is 14.8. The Morgan fingerprint density at radius 1 is 0.769 bits per heavy atom. The fourth-order valence-corrected chi connectivity index (χ4v) is 3.84. The van der Waals surface area contributed by atoms with Crippen molar-refractivity contribution < 1.29 is 9.53 Å². The number of nitrogens with zero attached hydrogens (tertiary/aromatic N) is 1. The first-order valence-electron chi connectivity index (χ1n) is 8.70. The number of carbonyl (C=O) groups excluding carboxylic acids is 1. The molecule has 0 N–H and O–H groups in total. The molecular weight excluding hydrogens is 322 g/mol. The molecule has 3 nitrogen and oxygen atoms in total. The molecule has 1 fully saturated rings. The van der Waals surface area contributed by atoms with Crippen LogP contribution in [0.4, 0.5) is 0 Å². The van der Waals surface area contributed by atoms with Crippen LogP contribution in [0.2, 0.25) is 0 Å². The van der Waals surface area contributed by atoms with Crippen LogP contribution in [0.15, 0.2) is 97.1 Å². The van der Waals surface area contributed by atoms with E-state index in [1.54, 1.807) is 6.08 Å². The second-order valence-electron chi connectivity index (χ2n) is 6.56. The minimum atomic E-state index is -0.778. The Morgan fingerprint density at radius 3 is 2.00 bits per heavy atom. The van der Waals surface area contributed by atoms with Crippen molar-refractivity contribution in [3.63, 3.8) is 0 Å². The minimum absolute atomic E-state index is 0.0205. The Bertz CT molecular complexity index is 982. The molecule has 3 aromatic carbocycles. The second-order valence-corrected chi connectivity index (χ2v) is 6.56. The smallest absolute Gasteiger partial charge is 0.254 e. The summed E-state index contributed by atoms with van der Waals surface area (Å²) in [7, 11) is 0. The van der Waals surface area contributed by atoms with E-state index in [2.05, 4.69) is 0 Å². The van der Waals surface area contributed by atoms with E-state index in [1.165, 1.54) is 0 Å². The van der Waals surface area contributed by atoms with E-state index in [-0.39, 0.29) is 11.9 Å². The van der Waals surface area contributed by atoms with Crippen molar-refractivity contribution in [1.82, 2.24) is 4.90 Å². The van der Waals surface area contributed by atoms with Gasteiger partial charge in [-0.2, -0.15) is 0 Å². The van der Waals surface area contributed by atoms with Crippen molar-refractivity contribution in [2.24, 2.45) is 0 Å². The number of hydrogen-bond acceptors (Lipinski definition) is 2. The average molecular weight is 339 g/mol. The topological polar surface area (TPSA) is 29.3 Å². The standard InChI is InChI=1S/C23H17NO2/c25-21-16-20(17-10-4-1-5-11-17)26-23(19-14-8-3-9-15-19)22(24(21)23)18-12-6-2-7-13-18/h1-16,22H/t22-,23-,24?/m1/s1. The van der Waals surface area contributed by atoms with E-state index in [1.807, 2.05) is 95.9 Å². The zero-order valence-corrected chi connectivity index (χ0v) is 14.1. The van der Waals surface area contributed by atoms with Crippen molar-refractivity contribution in [2.45, 2.75) is 11.8 Å². The van der Waals surface area contributed by atoms with E-state index in [4.69, 9.17) is 4.74 Å². The van der Waals surface area contributed by atoms with Gasteiger partial charge in [-0.25, -0.2) is 0 Å². The van der Waals surface area contributed by atoms with E-state index in [0.29, 0.717) is 5.76 Å². The first-order chi connectivity index (χ1) is 12.8. The van der Waals surface area contributed by atoms with Gasteiger partial charge in [-0.3, -0.25) is 9.69 Å². The van der Waals surface area contributed by atoms with Gasteiger partial charge in [-0.15, -0.1) is 0 Å². The maximum atomic E-state index is 13.0. The van der Waals surface area contributed by atoms with E-state index in [0.717, 1.165) is 16.7 Å². The molecule has 0 spiro atoms. The van der Waals surface area contributed by atoms with Crippen molar-refractivity contribution in [2.75, 3.05) is 0 Å². The first-order valence-corrected chi connectivity index (χ1v) is 8.70. The Labute approximate surface area is 152 Å². The molecule has 0 radical (unpaired) electrons. The molecule has 2 aliphatic heterocycles. The van der Waals surface area contributed by atoms with Gasteiger partial charge in [-0.1, -0.05) is 91.0 Å². The Kier molecular flexibility index (Phi) is 3.22. The van der Waals surface area contributed by atoms with Gasteiger partial charge in [0.1, 0.15) is 11.8 Å². The predicted octanol–water partition coefficient (Wildman–Crippen LogP) is 4.49. The summed E-state index contributed by atoms with van der Waals surface area (Å²) in [5.41, 5.74) is 2.20. The largest absolute Gasteiger partial charge is 0.460 e. The maximum absolute atomic E-state index is 13.0. The maximum Gasteiger partial charge on any atom is 0.254 e. The van der Waals surface area contributed by atoms with Gasteiger partial charge in [0.2, 0.25) is 5.72 Å². The van der Waals surface area contributed by atoms with Gasteiger partial charge in [0.15, 0.2) is 0 Å². The normalized spacial score (nSPS) is 23.7. The van der Waals surface area contributed by atoms with Crippen molar-refractivity contribution in [3.8, 4) is 0 Å². The van der Waals surface area contributed by atoms with Gasteiger partial charge >= 0.3 is 0 Å². The molecule has 2 aliphatic rings. The molecule has 2 heterocycles. The highest BCUT2D eigenvalue weighted by molar-refractivity contribution is 5.98. The molecule has 5 rings (SSSR count).